The predicted octanol–water partition coefficient (Wildman–Crippen LogP) is 2.69. The number of hydrogen-bond acceptors (Lipinski definition) is 7. The largest absolute Gasteiger partial charge is 0.493 e. The van der Waals surface area contributed by atoms with Crippen LogP contribution in [0.2, 0.25) is 0 Å². The van der Waals surface area contributed by atoms with Gasteiger partial charge in [-0.05, 0) is 37.2 Å². The van der Waals surface area contributed by atoms with Gasteiger partial charge in [-0.2, -0.15) is 0 Å². The molecule has 0 aromatic heterocycles. The monoisotopic (exact) mass is 446 g/mol. The van der Waals surface area contributed by atoms with Gasteiger partial charge in [-0.3, -0.25) is 19.8 Å². The van der Waals surface area contributed by atoms with E-state index >= 15 is 0 Å². The number of methoxy groups -OCH3 is 2. The van der Waals surface area contributed by atoms with Crippen LogP contribution < -0.4 is 19.7 Å². The Kier molecular flexibility index (Phi) is 7.82. The third kappa shape index (κ3) is 5.64. The highest BCUT2D eigenvalue weighted by atomic mass is 19.1. The summed E-state index contributed by atoms with van der Waals surface area (Å²) in [5.74, 6) is -0.329. The molecule has 1 fully saturated rings. The first kappa shape index (κ1) is 23.3. The van der Waals surface area contributed by atoms with E-state index in [0.29, 0.717) is 13.0 Å². The molecule has 2 aromatic rings. The number of carbonyl (C=O) groups excluding carboxylic acids is 1. The van der Waals surface area contributed by atoms with Gasteiger partial charge in [0.1, 0.15) is 11.4 Å². The molecule has 0 unspecified atom stereocenters. The van der Waals surface area contributed by atoms with Gasteiger partial charge in [-0.25, -0.2) is 4.39 Å². The number of nitrogens with zero attached hydrogens (tertiary/aromatic N) is 3. The number of carbonyl (C=O) groups is 1. The first-order valence-corrected chi connectivity index (χ1v) is 10.3. The molecule has 2 aromatic carbocycles. The summed E-state index contributed by atoms with van der Waals surface area (Å²) < 4.78 is 23.3. The minimum Gasteiger partial charge on any atom is -0.493 e. The highest BCUT2D eigenvalue weighted by molar-refractivity contribution is 5.99. The van der Waals surface area contributed by atoms with E-state index in [0.717, 1.165) is 38.4 Å². The average Bonchev–Trinajstić information content (AvgIpc) is 2.81. The molecule has 1 heterocycles. The third-order valence-electron chi connectivity index (χ3n) is 5.44. The first-order chi connectivity index (χ1) is 15.4. The normalized spacial score (nSPS) is 14.2. The van der Waals surface area contributed by atoms with Gasteiger partial charge in [0.15, 0.2) is 11.5 Å². The van der Waals surface area contributed by atoms with Crippen LogP contribution in [-0.4, -0.2) is 69.2 Å². The van der Waals surface area contributed by atoms with Crippen molar-refractivity contribution in [2.75, 3.05) is 58.4 Å². The summed E-state index contributed by atoms with van der Waals surface area (Å²) in [5, 5.41) is 14.1. The van der Waals surface area contributed by atoms with Crippen LogP contribution in [0.25, 0.3) is 0 Å². The number of amides is 1. The Morgan fingerprint density at radius 2 is 1.72 bits per heavy atom. The second-order valence-corrected chi connectivity index (χ2v) is 7.40. The summed E-state index contributed by atoms with van der Waals surface area (Å²) in [4.78, 5) is 27.8. The third-order valence-corrected chi connectivity index (χ3v) is 5.44. The molecule has 1 N–H and O–H groups in total. The second-order valence-electron chi connectivity index (χ2n) is 7.40. The second kappa shape index (κ2) is 10.8. The molecule has 0 spiro atoms. The number of piperazine rings is 1. The number of rotatable bonds is 9. The molecule has 0 atom stereocenters. The summed E-state index contributed by atoms with van der Waals surface area (Å²) in [6, 6.07) is 9.01. The zero-order chi connectivity index (χ0) is 23.1. The van der Waals surface area contributed by atoms with Crippen LogP contribution in [0.15, 0.2) is 36.4 Å². The van der Waals surface area contributed by atoms with Crippen molar-refractivity contribution in [2.45, 2.75) is 6.42 Å². The highest BCUT2D eigenvalue weighted by Gasteiger charge is 2.24. The van der Waals surface area contributed by atoms with Gasteiger partial charge in [0.2, 0.25) is 0 Å². The van der Waals surface area contributed by atoms with Gasteiger partial charge in [0, 0.05) is 44.5 Å². The number of nitro benzene ring substituents is 1. The van der Waals surface area contributed by atoms with E-state index in [9.17, 15) is 19.3 Å². The summed E-state index contributed by atoms with van der Waals surface area (Å²) in [6.07, 6.45) is 0.712. The lowest BCUT2D eigenvalue weighted by Gasteiger charge is -2.36. The zero-order valence-electron chi connectivity index (χ0n) is 18.2. The molecule has 1 saturated heterocycles. The number of anilines is 1. The van der Waals surface area contributed by atoms with Crippen molar-refractivity contribution in [3.8, 4) is 11.5 Å². The fourth-order valence-electron chi connectivity index (χ4n) is 3.68. The molecule has 10 heteroatoms. The van der Waals surface area contributed by atoms with Crippen molar-refractivity contribution in [3.05, 3.63) is 57.9 Å². The van der Waals surface area contributed by atoms with E-state index in [2.05, 4.69) is 15.1 Å². The van der Waals surface area contributed by atoms with Crippen LogP contribution in [-0.2, 0) is 0 Å². The number of halogens is 1. The molecular weight excluding hydrogens is 419 g/mol. The number of benzene rings is 2. The molecule has 0 radical (unpaired) electrons. The molecule has 0 bridgehead atoms. The van der Waals surface area contributed by atoms with Gasteiger partial charge in [0.25, 0.3) is 11.6 Å². The Labute approximate surface area is 185 Å². The van der Waals surface area contributed by atoms with Crippen LogP contribution in [0.3, 0.4) is 0 Å². The van der Waals surface area contributed by atoms with Crippen LogP contribution in [0.1, 0.15) is 16.8 Å². The van der Waals surface area contributed by atoms with Crippen molar-refractivity contribution in [3.63, 3.8) is 0 Å². The molecule has 3 rings (SSSR count). The van der Waals surface area contributed by atoms with Crippen molar-refractivity contribution in [2.24, 2.45) is 0 Å². The van der Waals surface area contributed by atoms with Crippen molar-refractivity contribution >= 4 is 17.3 Å². The minimum atomic E-state index is -0.614. The zero-order valence-corrected chi connectivity index (χ0v) is 18.2. The van der Waals surface area contributed by atoms with Crippen molar-refractivity contribution < 1.29 is 23.6 Å². The van der Waals surface area contributed by atoms with E-state index in [1.165, 1.54) is 38.5 Å². The standard InChI is InChI=1S/C22H27FN4O5/c1-31-20-14-18(19(27(29)30)15-21(20)32-2)22(28)24-8-3-9-25-10-12-26(13-11-25)17-6-4-16(23)5-7-17/h4-7,14-15H,3,8-13H2,1-2H3,(H,24,28). The Bertz CT molecular complexity index is 946. The lowest BCUT2D eigenvalue weighted by atomic mass is 10.1. The van der Waals surface area contributed by atoms with E-state index < -0.39 is 10.8 Å². The Hall–Kier alpha value is -3.40. The number of hydrogen-bond donors (Lipinski definition) is 1. The smallest absolute Gasteiger partial charge is 0.286 e. The first-order valence-electron chi connectivity index (χ1n) is 10.3. The van der Waals surface area contributed by atoms with Crippen LogP contribution in [0.4, 0.5) is 15.8 Å². The van der Waals surface area contributed by atoms with Gasteiger partial charge in [-0.15, -0.1) is 0 Å². The maximum atomic E-state index is 13.1. The molecule has 1 aliphatic heterocycles. The van der Waals surface area contributed by atoms with E-state index in [-0.39, 0.29) is 28.6 Å². The molecule has 1 aliphatic rings. The fraction of sp³-hybridized carbons (Fsp3) is 0.409. The van der Waals surface area contributed by atoms with Crippen molar-refractivity contribution in [1.29, 1.82) is 0 Å². The molecule has 172 valence electrons. The maximum absolute atomic E-state index is 13.1. The topological polar surface area (TPSA) is 97.2 Å². The SMILES string of the molecule is COc1cc(C(=O)NCCCN2CCN(c3ccc(F)cc3)CC2)c([N+](=O)[O-])cc1OC. The average molecular weight is 446 g/mol. The maximum Gasteiger partial charge on any atom is 0.286 e. The van der Waals surface area contributed by atoms with Crippen molar-refractivity contribution in [1.82, 2.24) is 10.2 Å². The Morgan fingerprint density at radius 3 is 2.31 bits per heavy atom. The number of ether oxygens (including phenoxy) is 2. The predicted molar refractivity (Wildman–Crippen MR) is 118 cm³/mol. The van der Waals surface area contributed by atoms with Crippen LogP contribution in [0, 0.1) is 15.9 Å². The van der Waals surface area contributed by atoms with Gasteiger partial charge in [-0.1, -0.05) is 0 Å². The van der Waals surface area contributed by atoms with Gasteiger partial charge < -0.3 is 19.7 Å². The summed E-state index contributed by atoms with van der Waals surface area (Å²) in [7, 11) is 2.78. The summed E-state index contributed by atoms with van der Waals surface area (Å²) in [6.45, 7) is 4.61. The van der Waals surface area contributed by atoms with E-state index in [1.54, 1.807) is 12.1 Å². The lowest BCUT2D eigenvalue weighted by Crippen LogP contribution is -2.47. The Morgan fingerprint density at radius 1 is 1.09 bits per heavy atom. The van der Waals surface area contributed by atoms with Gasteiger partial charge >= 0.3 is 0 Å². The molecule has 1 amide bonds. The van der Waals surface area contributed by atoms with Crippen LogP contribution in [0.5, 0.6) is 11.5 Å². The summed E-state index contributed by atoms with van der Waals surface area (Å²) in [5.41, 5.74) is 0.604. The van der Waals surface area contributed by atoms with E-state index in [1.807, 2.05) is 0 Å². The number of nitrogens with one attached hydrogen (secondary N) is 1. The number of nitro groups is 1. The molecule has 32 heavy (non-hydrogen) atoms. The molecule has 9 nitrogen and oxygen atoms in total. The minimum absolute atomic E-state index is 0.0689. The Balaban J connectivity index is 1.47. The van der Waals surface area contributed by atoms with Gasteiger partial charge in [0.05, 0.1) is 25.2 Å². The quantitative estimate of drug-likeness (QED) is 0.359. The molecule has 0 aliphatic carbocycles. The molecular formula is C22H27FN4O5. The van der Waals surface area contributed by atoms with Crippen LogP contribution >= 0.6 is 0 Å². The van der Waals surface area contributed by atoms with E-state index in [4.69, 9.17) is 9.47 Å². The fourth-order valence-corrected chi connectivity index (χ4v) is 3.68. The lowest BCUT2D eigenvalue weighted by molar-refractivity contribution is -0.385. The highest BCUT2D eigenvalue weighted by Crippen LogP contribution is 2.34. The summed E-state index contributed by atoms with van der Waals surface area (Å²) >= 11 is 0. The molecule has 0 saturated carbocycles.